The first kappa shape index (κ1) is 16.9. The highest BCUT2D eigenvalue weighted by molar-refractivity contribution is 7.13. The molecule has 1 fully saturated rings. The van der Waals surface area contributed by atoms with Crippen LogP contribution in [0.4, 0.5) is 0 Å². The molecule has 1 unspecified atom stereocenters. The van der Waals surface area contributed by atoms with Gasteiger partial charge in [0.05, 0.1) is 17.1 Å². The summed E-state index contributed by atoms with van der Waals surface area (Å²) in [6.07, 6.45) is 3.30. The molecule has 0 aromatic carbocycles. The monoisotopic (exact) mass is 396 g/mol. The lowest BCUT2D eigenvalue weighted by molar-refractivity contribution is 0.0688. The van der Waals surface area contributed by atoms with Gasteiger partial charge in [-0.15, -0.1) is 21.5 Å². The third-order valence-electron chi connectivity index (χ3n) is 4.72. The zero-order valence-electron chi connectivity index (χ0n) is 14.8. The van der Waals surface area contributed by atoms with Crippen LogP contribution in [0.2, 0.25) is 0 Å². The third-order valence-corrected chi connectivity index (χ3v) is 5.58. The van der Waals surface area contributed by atoms with Crippen LogP contribution in [-0.4, -0.2) is 39.3 Å². The first-order valence-electron chi connectivity index (χ1n) is 8.95. The summed E-state index contributed by atoms with van der Waals surface area (Å²) < 4.78 is 16.4. The number of likely N-dealkylation sites (tertiary alicyclic amines) is 1. The first-order chi connectivity index (χ1) is 13.8. The van der Waals surface area contributed by atoms with Crippen LogP contribution in [0.3, 0.4) is 0 Å². The maximum absolute atomic E-state index is 12.9. The second-order valence-electron chi connectivity index (χ2n) is 6.57. The Morgan fingerprint density at radius 2 is 2.18 bits per heavy atom. The summed E-state index contributed by atoms with van der Waals surface area (Å²) in [7, 11) is 0. The van der Waals surface area contributed by atoms with Crippen molar-refractivity contribution in [2.24, 2.45) is 0 Å². The molecule has 8 nitrogen and oxygen atoms in total. The van der Waals surface area contributed by atoms with E-state index < -0.39 is 0 Å². The van der Waals surface area contributed by atoms with Crippen molar-refractivity contribution in [1.82, 2.24) is 20.3 Å². The highest BCUT2D eigenvalue weighted by atomic mass is 32.1. The molecule has 28 heavy (non-hydrogen) atoms. The zero-order chi connectivity index (χ0) is 18.9. The molecule has 0 saturated carbocycles. The number of piperidine rings is 1. The van der Waals surface area contributed by atoms with Gasteiger partial charge in [0.2, 0.25) is 11.7 Å². The van der Waals surface area contributed by atoms with E-state index in [0.717, 1.165) is 17.7 Å². The summed E-state index contributed by atoms with van der Waals surface area (Å²) >= 11 is 1.55. The molecule has 1 aliphatic heterocycles. The Balaban J connectivity index is 1.31. The fourth-order valence-corrected chi connectivity index (χ4v) is 3.98. The predicted octanol–water partition coefficient (Wildman–Crippen LogP) is 4.07. The molecule has 0 aliphatic carbocycles. The average Bonchev–Trinajstić information content (AvgIpc) is 3.52. The van der Waals surface area contributed by atoms with Gasteiger partial charge in [-0.2, -0.15) is 0 Å². The largest absolute Gasteiger partial charge is 0.461 e. The highest BCUT2D eigenvalue weighted by Gasteiger charge is 2.30. The lowest BCUT2D eigenvalue weighted by Gasteiger charge is -2.30. The Kier molecular flexibility index (Phi) is 4.28. The molecule has 4 aromatic rings. The number of furan rings is 1. The molecule has 0 spiro atoms. The molecule has 5 rings (SSSR count). The van der Waals surface area contributed by atoms with Gasteiger partial charge in [-0.1, -0.05) is 11.2 Å². The van der Waals surface area contributed by atoms with Crippen LogP contribution < -0.4 is 0 Å². The van der Waals surface area contributed by atoms with Crippen LogP contribution in [0.5, 0.6) is 0 Å². The number of carbonyl (C=O) groups excluding carboxylic acids is 1. The number of hydrogen-bond acceptors (Lipinski definition) is 8. The number of rotatable bonds is 4. The standard InChI is InChI=1S/C19H16N4O4S/c24-19(13-10-15(27-22-13)14-5-2-8-25-14)23-7-1-4-12(11-23)17-20-21-18(26-17)16-6-3-9-28-16/h2-3,5-6,8-10,12H,1,4,7,11H2. The van der Waals surface area contributed by atoms with Crippen molar-refractivity contribution in [2.45, 2.75) is 18.8 Å². The molecule has 0 bridgehead atoms. The predicted molar refractivity (Wildman–Crippen MR) is 99.7 cm³/mol. The summed E-state index contributed by atoms with van der Waals surface area (Å²) in [5, 5.41) is 14.2. The van der Waals surface area contributed by atoms with Gasteiger partial charge in [-0.3, -0.25) is 4.79 Å². The molecule has 9 heteroatoms. The van der Waals surface area contributed by atoms with Crippen molar-refractivity contribution < 1.29 is 18.2 Å². The molecule has 1 aliphatic rings. The van der Waals surface area contributed by atoms with Gasteiger partial charge < -0.3 is 18.3 Å². The van der Waals surface area contributed by atoms with Crippen LogP contribution >= 0.6 is 11.3 Å². The number of nitrogens with zero attached hydrogens (tertiary/aromatic N) is 4. The Labute approximate surface area is 163 Å². The molecule has 1 atom stereocenters. The van der Waals surface area contributed by atoms with Gasteiger partial charge in [-0.25, -0.2) is 0 Å². The minimum atomic E-state index is -0.177. The minimum absolute atomic E-state index is 0.00959. The molecule has 5 heterocycles. The summed E-state index contributed by atoms with van der Waals surface area (Å²) in [4.78, 5) is 15.6. The summed E-state index contributed by atoms with van der Waals surface area (Å²) in [6.45, 7) is 1.16. The molecule has 142 valence electrons. The van der Waals surface area contributed by atoms with Gasteiger partial charge in [0.25, 0.3) is 11.8 Å². The number of thiophene rings is 1. The second-order valence-corrected chi connectivity index (χ2v) is 7.51. The Hall–Kier alpha value is -3.20. The molecular weight excluding hydrogens is 380 g/mol. The van der Waals surface area contributed by atoms with Crippen molar-refractivity contribution in [3.63, 3.8) is 0 Å². The lowest BCUT2D eigenvalue weighted by Crippen LogP contribution is -2.39. The van der Waals surface area contributed by atoms with E-state index in [1.807, 2.05) is 17.5 Å². The van der Waals surface area contributed by atoms with Crippen molar-refractivity contribution in [3.05, 3.63) is 53.6 Å². The Morgan fingerprint density at radius 3 is 3.00 bits per heavy atom. The van der Waals surface area contributed by atoms with Gasteiger partial charge >= 0.3 is 0 Å². The number of carbonyl (C=O) groups is 1. The van der Waals surface area contributed by atoms with E-state index >= 15 is 0 Å². The molecular formula is C19H16N4O4S. The van der Waals surface area contributed by atoms with E-state index in [0.29, 0.717) is 36.4 Å². The quantitative estimate of drug-likeness (QED) is 0.513. The summed E-state index contributed by atoms with van der Waals surface area (Å²) in [5.41, 5.74) is 0.261. The Morgan fingerprint density at radius 1 is 1.21 bits per heavy atom. The number of amides is 1. The third kappa shape index (κ3) is 3.13. The van der Waals surface area contributed by atoms with Crippen LogP contribution in [0.15, 0.2) is 55.3 Å². The number of aromatic nitrogens is 3. The van der Waals surface area contributed by atoms with Crippen LogP contribution in [0, 0.1) is 0 Å². The van der Waals surface area contributed by atoms with Gasteiger partial charge in [0.15, 0.2) is 11.5 Å². The second kappa shape index (κ2) is 7.08. The fraction of sp³-hybridized carbons (Fsp3) is 0.263. The lowest BCUT2D eigenvalue weighted by atomic mass is 9.98. The number of hydrogen-bond donors (Lipinski definition) is 0. The van der Waals surface area contributed by atoms with Gasteiger partial charge in [0, 0.05) is 19.2 Å². The van der Waals surface area contributed by atoms with Gasteiger partial charge in [-0.05, 0) is 36.4 Å². The maximum atomic E-state index is 12.9. The molecule has 4 aromatic heterocycles. The highest BCUT2D eigenvalue weighted by Crippen LogP contribution is 2.31. The van der Waals surface area contributed by atoms with Crippen molar-refractivity contribution >= 4 is 17.2 Å². The molecule has 1 saturated heterocycles. The van der Waals surface area contributed by atoms with E-state index in [1.165, 1.54) is 0 Å². The molecule has 0 N–H and O–H groups in total. The van der Waals surface area contributed by atoms with Crippen LogP contribution in [0.25, 0.3) is 22.3 Å². The topological polar surface area (TPSA) is 98.4 Å². The van der Waals surface area contributed by atoms with Crippen LogP contribution in [-0.2, 0) is 0 Å². The SMILES string of the molecule is O=C(c1cc(-c2ccco2)on1)N1CCCC(c2nnc(-c3cccs3)o2)C1. The minimum Gasteiger partial charge on any atom is -0.461 e. The van der Waals surface area contributed by atoms with Crippen LogP contribution in [0.1, 0.15) is 35.1 Å². The normalized spacial score (nSPS) is 17.1. The van der Waals surface area contributed by atoms with E-state index in [2.05, 4.69) is 15.4 Å². The van der Waals surface area contributed by atoms with Gasteiger partial charge in [0.1, 0.15) is 0 Å². The van der Waals surface area contributed by atoms with E-state index in [4.69, 9.17) is 13.4 Å². The average molecular weight is 396 g/mol. The first-order valence-corrected chi connectivity index (χ1v) is 9.83. The van der Waals surface area contributed by atoms with E-state index in [9.17, 15) is 4.79 Å². The smallest absolute Gasteiger partial charge is 0.276 e. The van der Waals surface area contributed by atoms with Crippen molar-refractivity contribution in [2.75, 3.05) is 13.1 Å². The van der Waals surface area contributed by atoms with E-state index in [-0.39, 0.29) is 17.5 Å². The summed E-state index contributed by atoms with van der Waals surface area (Å²) in [5.74, 6) is 1.89. The molecule has 1 amide bonds. The zero-order valence-corrected chi connectivity index (χ0v) is 15.6. The van der Waals surface area contributed by atoms with E-state index in [1.54, 1.807) is 40.7 Å². The maximum Gasteiger partial charge on any atom is 0.276 e. The Bertz CT molecular complexity index is 1070. The molecule has 0 radical (unpaired) electrons. The fourth-order valence-electron chi connectivity index (χ4n) is 3.34. The summed E-state index contributed by atoms with van der Waals surface area (Å²) in [6, 6.07) is 9.00. The van der Waals surface area contributed by atoms with Crippen molar-refractivity contribution in [3.8, 4) is 22.3 Å². The van der Waals surface area contributed by atoms with Crippen molar-refractivity contribution in [1.29, 1.82) is 0 Å².